The number of ketones is 1. The number of allylic oxidation sites excluding steroid dienone is 2. The van der Waals surface area contributed by atoms with Gasteiger partial charge in [0.05, 0.1) is 18.4 Å². The van der Waals surface area contributed by atoms with Crippen LogP contribution in [0.3, 0.4) is 0 Å². The van der Waals surface area contributed by atoms with Crippen LogP contribution in [0.15, 0.2) is 58.3 Å². The standard InChI is InChI=1S/C26H26N2O4/c1-4-15-5-7-16(8-6-15)24-23-14(2)28-32-26(23)27-19-11-18(12-21(30)25(19)24)17-9-10-20(29)22(13-17)31-3/h5-10,13,18,24,27,29H,4,11-12H2,1-3H3/t18-,24+/m1/s1. The molecule has 0 radical (unpaired) electrons. The molecule has 0 saturated carbocycles. The number of carbonyl (C=O) groups is 1. The highest BCUT2D eigenvalue weighted by atomic mass is 16.5. The average molecular weight is 431 g/mol. The molecule has 2 N–H and O–H groups in total. The van der Waals surface area contributed by atoms with Gasteiger partial charge in [0.15, 0.2) is 17.3 Å². The molecule has 2 aliphatic rings. The molecule has 0 unspecified atom stereocenters. The van der Waals surface area contributed by atoms with Crippen molar-refractivity contribution in [3.8, 4) is 11.5 Å². The van der Waals surface area contributed by atoms with E-state index in [1.165, 1.54) is 12.7 Å². The summed E-state index contributed by atoms with van der Waals surface area (Å²) in [5.74, 6) is 1.02. The van der Waals surface area contributed by atoms with Gasteiger partial charge in [0.25, 0.3) is 0 Å². The molecule has 6 heteroatoms. The van der Waals surface area contributed by atoms with Gasteiger partial charge in [0.2, 0.25) is 5.88 Å². The van der Waals surface area contributed by atoms with Crippen LogP contribution in [0, 0.1) is 6.92 Å². The Labute approximate surface area is 186 Å². The molecule has 0 fully saturated rings. The maximum Gasteiger partial charge on any atom is 0.233 e. The predicted octanol–water partition coefficient (Wildman–Crippen LogP) is 5.22. The summed E-state index contributed by atoms with van der Waals surface area (Å²) >= 11 is 0. The summed E-state index contributed by atoms with van der Waals surface area (Å²) in [5.41, 5.74) is 6.71. The number of Topliss-reactive ketones (excluding diaryl/α,β-unsaturated/α-hetero) is 1. The summed E-state index contributed by atoms with van der Waals surface area (Å²) in [7, 11) is 1.52. The van der Waals surface area contributed by atoms with Crippen molar-refractivity contribution in [2.75, 3.05) is 12.4 Å². The summed E-state index contributed by atoms with van der Waals surface area (Å²) in [6, 6.07) is 13.8. The van der Waals surface area contributed by atoms with Crippen molar-refractivity contribution in [2.24, 2.45) is 0 Å². The van der Waals surface area contributed by atoms with Crippen LogP contribution in [-0.4, -0.2) is 23.2 Å². The molecular weight excluding hydrogens is 404 g/mol. The number of methoxy groups -OCH3 is 1. The van der Waals surface area contributed by atoms with E-state index in [4.69, 9.17) is 9.26 Å². The highest BCUT2D eigenvalue weighted by molar-refractivity contribution is 6.01. The normalized spacial score (nSPS) is 19.9. The minimum atomic E-state index is -0.193. The van der Waals surface area contributed by atoms with Gasteiger partial charge in [-0.25, -0.2) is 0 Å². The predicted molar refractivity (Wildman–Crippen MR) is 121 cm³/mol. The number of fused-ring (bicyclic) bond motifs is 1. The highest BCUT2D eigenvalue weighted by Crippen LogP contribution is 2.49. The molecule has 1 aliphatic heterocycles. The number of carbonyl (C=O) groups excluding carboxylic acids is 1. The average Bonchev–Trinajstić information content (AvgIpc) is 3.18. The Hall–Kier alpha value is -3.54. The number of nitrogens with one attached hydrogen (secondary N) is 1. The lowest BCUT2D eigenvalue weighted by molar-refractivity contribution is -0.116. The smallest absolute Gasteiger partial charge is 0.233 e. The molecule has 0 spiro atoms. The van der Waals surface area contributed by atoms with Crippen LogP contribution in [0.5, 0.6) is 11.5 Å². The van der Waals surface area contributed by atoms with Crippen molar-refractivity contribution < 1.29 is 19.2 Å². The second kappa shape index (κ2) is 7.86. The number of aromatic hydroxyl groups is 1. The molecule has 3 aromatic rings. The summed E-state index contributed by atoms with van der Waals surface area (Å²) in [6.07, 6.45) is 2.03. The topological polar surface area (TPSA) is 84.6 Å². The lowest BCUT2D eigenvalue weighted by atomic mass is 9.72. The molecule has 5 rings (SSSR count). The number of hydrogen-bond donors (Lipinski definition) is 2. The van der Waals surface area contributed by atoms with E-state index in [1.54, 1.807) is 6.07 Å². The fraction of sp³-hybridized carbons (Fsp3) is 0.308. The van der Waals surface area contributed by atoms with Crippen molar-refractivity contribution >= 4 is 11.7 Å². The third-order valence-electron chi connectivity index (χ3n) is 6.65. The van der Waals surface area contributed by atoms with Gasteiger partial charge < -0.3 is 19.7 Å². The minimum Gasteiger partial charge on any atom is -0.504 e. The number of ether oxygens (including phenoxy) is 1. The molecular formula is C26H26N2O4. The first kappa shape index (κ1) is 20.4. The van der Waals surface area contributed by atoms with Gasteiger partial charge in [-0.1, -0.05) is 42.4 Å². The fourth-order valence-electron chi connectivity index (χ4n) is 4.94. The zero-order valence-corrected chi connectivity index (χ0v) is 18.4. The van der Waals surface area contributed by atoms with Crippen LogP contribution in [0.2, 0.25) is 0 Å². The Morgan fingerprint density at radius 3 is 2.62 bits per heavy atom. The Kier molecular flexibility index (Phi) is 5.00. The molecule has 2 aromatic carbocycles. The number of hydrogen-bond acceptors (Lipinski definition) is 6. The zero-order chi connectivity index (χ0) is 22.4. The van der Waals surface area contributed by atoms with Crippen LogP contribution < -0.4 is 10.1 Å². The quantitative estimate of drug-likeness (QED) is 0.591. The lowest BCUT2D eigenvalue weighted by Gasteiger charge is -2.34. The number of benzene rings is 2. The maximum atomic E-state index is 13.6. The van der Waals surface area contributed by atoms with Gasteiger partial charge in [-0.15, -0.1) is 0 Å². The van der Waals surface area contributed by atoms with Crippen LogP contribution in [-0.2, 0) is 11.2 Å². The summed E-state index contributed by atoms with van der Waals surface area (Å²) in [6.45, 7) is 4.05. The molecule has 1 aromatic heterocycles. The first-order valence-electron chi connectivity index (χ1n) is 10.9. The lowest BCUT2D eigenvalue weighted by Crippen LogP contribution is -2.29. The molecule has 164 valence electrons. The molecule has 6 nitrogen and oxygen atoms in total. The van der Waals surface area contributed by atoms with Crippen molar-refractivity contribution in [1.29, 1.82) is 0 Å². The van der Waals surface area contributed by atoms with Gasteiger partial charge in [-0.3, -0.25) is 4.79 Å². The van der Waals surface area contributed by atoms with E-state index >= 15 is 0 Å². The van der Waals surface area contributed by atoms with Gasteiger partial charge in [-0.2, -0.15) is 0 Å². The third-order valence-corrected chi connectivity index (χ3v) is 6.65. The van der Waals surface area contributed by atoms with Gasteiger partial charge in [0, 0.05) is 23.6 Å². The minimum absolute atomic E-state index is 0.0167. The number of aryl methyl sites for hydroxylation is 2. The number of phenolic OH excluding ortho intramolecular Hbond substituents is 1. The Morgan fingerprint density at radius 2 is 1.91 bits per heavy atom. The van der Waals surface area contributed by atoms with Crippen LogP contribution in [0.4, 0.5) is 5.88 Å². The fourth-order valence-corrected chi connectivity index (χ4v) is 4.94. The first-order valence-corrected chi connectivity index (χ1v) is 10.9. The number of aromatic nitrogens is 1. The molecule has 0 amide bonds. The Morgan fingerprint density at radius 1 is 1.16 bits per heavy atom. The largest absolute Gasteiger partial charge is 0.504 e. The molecule has 2 atom stereocenters. The summed E-state index contributed by atoms with van der Waals surface area (Å²) in [5, 5.41) is 17.5. The molecule has 0 bridgehead atoms. The van der Waals surface area contributed by atoms with Crippen LogP contribution >= 0.6 is 0 Å². The van der Waals surface area contributed by atoms with Crippen molar-refractivity contribution in [2.45, 2.75) is 44.9 Å². The molecule has 1 aliphatic carbocycles. The Bertz CT molecular complexity index is 1220. The maximum absolute atomic E-state index is 13.6. The van der Waals surface area contributed by atoms with Crippen molar-refractivity contribution in [1.82, 2.24) is 5.16 Å². The second-order valence-corrected chi connectivity index (χ2v) is 8.52. The van der Waals surface area contributed by atoms with E-state index in [0.29, 0.717) is 24.5 Å². The highest BCUT2D eigenvalue weighted by Gasteiger charge is 2.41. The molecule has 32 heavy (non-hydrogen) atoms. The summed E-state index contributed by atoms with van der Waals surface area (Å²) < 4.78 is 10.9. The Balaban J connectivity index is 1.58. The summed E-state index contributed by atoms with van der Waals surface area (Å²) in [4.78, 5) is 13.6. The number of anilines is 1. The number of phenols is 1. The molecule has 2 heterocycles. The number of nitrogens with zero attached hydrogens (tertiary/aromatic N) is 1. The molecule has 0 saturated heterocycles. The van der Waals surface area contributed by atoms with Crippen molar-refractivity contribution in [3.05, 3.63) is 81.7 Å². The third kappa shape index (κ3) is 3.27. The van der Waals surface area contributed by atoms with Crippen LogP contribution in [0.25, 0.3) is 0 Å². The van der Waals surface area contributed by atoms with E-state index in [9.17, 15) is 9.90 Å². The van der Waals surface area contributed by atoms with E-state index in [0.717, 1.165) is 40.1 Å². The van der Waals surface area contributed by atoms with Gasteiger partial charge >= 0.3 is 0 Å². The van der Waals surface area contributed by atoms with E-state index < -0.39 is 0 Å². The second-order valence-electron chi connectivity index (χ2n) is 8.52. The van der Waals surface area contributed by atoms with Gasteiger partial charge in [0.1, 0.15) is 0 Å². The van der Waals surface area contributed by atoms with E-state index in [-0.39, 0.29) is 23.4 Å². The number of rotatable bonds is 4. The van der Waals surface area contributed by atoms with Crippen molar-refractivity contribution in [3.63, 3.8) is 0 Å². The first-order chi connectivity index (χ1) is 15.5. The van der Waals surface area contributed by atoms with Crippen LogP contribution in [0.1, 0.15) is 59.5 Å². The van der Waals surface area contributed by atoms with Gasteiger partial charge in [-0.05, 0) is 54.5 Å². The van der Waals surface area contributed by atoms with E-state index in [1.807, 2.05) is 19.1 Å². The monoisotopic (exact) mass is 430 g/mol. The SMILES string of the molecule is CCc1ccc([C@@H]2C3=C(C[C@@H](c4ccc(O)c(OC)c4)CC3=O)Nc3onc(C)c32)cc1. The van der Waals surface area contributed by atoms with E-state index in [2.05, 4.69) is 41.7 Å². The zero-order valence-electron chi connectivity index (χ0n) is 18.4.